The minimum absolute atomic E-state index is 0.00957. The van der Waals surface area contributed by atoms with E-state index in [0.29, 0.717) is 20.6 Å². The maximum absolute atomic E-state index is 12.4. The smallest absolute Gasteiger partial charge is 0.268 e. The van der Waals surface area contributed by atoms with E-state index in [-0.39, 0.29) is 11.3 Å². The lowest BCUT2D eigenvalue weighted by Gasteiger charge is -2.12. The average molecular weight is 374 g/mol. The number of hydrogen-bond donors (Lipinski definition) is 0. The number of rotatable bonds is 3. The average Bonchev–Trinajstić information content (AvgIpc) is 3.25. The molecule has 0 saturated carbocycles. The van der Waals surface area contributed by atoms with Crippen molar-refractivity contribution in [1.29, 1.82) is 0 Å². The predicted octanol–water partition coefficient (Wildman–Crippen LogP) is 2.39. The van der Waals surface area contributed by atoms with Crippen LogP contribution in [0, 0.1) is 5.41 Å². The van der Waals surface area contributed by atoms with E-state index >= 15 is 0 Å². The van der Waals surface area contributed by atoms with Gasteiger partial charge in [0, 0.05) is 23.9 Å². The van der Waals surface area contributed by atoms with Crippen LogP contribution in [0.15, 0.2) is 33.0 Å². The number of carbonyl (C=O) groups is 1. The third kappa shape index (κ3) is 3.72. The van der Waals surface area contributed by atoms with Gasteiger partial charge in [-0.05, 0) is 18.2 Å². The molecule has 3 rings (SSSR count). The molecule has 0 aliphatic rings. The summed E-state index contributed by atoms with van der Waals surface area (Å²) in [7, 11) is 1.67. The van der Waals surface area contributed by atoms with Crippen molar-refractivity contribution in [3.8, 4) is 10.8 Å². The first-order valence-electron chi connectivity index (χ1n) is 7.69. The second-order valence-electron chi connectivity index (χ2n) is 6.63. The molecule has 0 amide bonds. The van der Waals surface area contributed by atoms with Gasteiger partial charge in [-0.1, -0.05) is 20.8 Å². The normalized spacial score (nSPS) is 13.6. The van der Waals surface area contributed by atoms with Crippen LogP contribution in [-0.2, 0) is 11.8 Å². The van der Waals surface area contributed by atoms with Crippen molar-refractivity contribution in [3.63, 3.8) is 0 Å². The van der Waals surface area contributed by atoms with Crippen molar-refractivity contribution in [1.82, 2.24) is 9.55 Å². The molecule has 0 aliphatic heterocycles. The molecule has 130 valence electrons. The van der Waals surface area contributed by atoms with E-state index in [2.05, 4.69) is 4.98 Å². The number of carbonyl (C=O) groups excluding carboxylic acids is 1. The quantitative estimate of drug-likeness (QED) is 0.706. The van der Waals surface area contributed by atoms with Crippen molar-refractivity contribution in [3.05, 3.63) is 49.0 Å². The Morgan fingerprint density at radius 2 is 2.12 bits per heavy atom. The summed E-state index contributed by atoms with van der Waals surface area (Å²) in [5.74, 6) is 0.693. The molecule has 7 heteroatoms. The van der Waals surface area contributed by atoms with Gasteiger partial charge in [0.25, 0.3) is 5.56 Å². The van der Waals surface area contributed by atoms with Crippen LogP contribution in [-0.4, -0.2) is 15.3 Å². The molecule has 0 fully saturated rings. The summed E-state index contributed by atoms with van der Waals surface area (Å²) in [4.78, 5) is 29.1. The number of furan rings is 1. The minimum Gasteiger partial charge on any atom is -0.462 e. The molecular weight excluding hydrogens is 356 g/mol. The molecule has 0 radical (unpaired) electrons. The standard InChI is InChI=1S/C18H18N2O3S2/c1-18(2,3)14(21)9-15-20(4)17(22)13(25-15)8-11-10-24-16(19-11)12-6-5-7-23-12/h5-10H,1-4H3/b13-8-,15-9+. The summed E-state index contributed by atoms with van der Waals surface area (Å²) in [6.07, 6.45) is 4.89. The van der Waals surface area contributed by atoms with E-state index in [9.17, 15) is 9.59 Å². The van der Waals surface area contributed by atoms with Crippen molar-refractivity contribution in [2.75, 3.05) is 0 Å². The van der Waals surface area contributed by atoms with E-state index in [4.69, 9.17) is 4.42 Å². The Hall–Kier alpha value is -2.25. The van der Waals surface area contributed by atoms with Crippen molar-refractivity contribution in [2.24, 2.45) is 12.5 Å². The molecule has 3 aromatic rings. The van der Waals surface area contributed by atoms with Gasteiger partial charge < -0.3 is 8.98 Å². The maximum Gasteiger partial charge on any atom is 0.268 e. The van der Waals surface area contributed by atoms with Gasteiger partial charge in [-0.15, -0.1) is 22.7 Å². The molecule has 0 aromatic carbocycles. The largest absolute Gasteiger partial charge is 0.462 e. The zero-order valence-electron chi connectivity index (χ0n) is 14.4. The lowest BCUT2D eigenvalue weighted by atomic mass is 9.91. The van der Waals surface area contributed by atoms with E-state index in [1.165, 1.54) is 27.2 Å². The zero-order valence-corrected chi connectivity index (χ0v) is 16.0. The van der Waals surface area contributed by atoms with Gasteiger partial charge in [-0.2, -0.15) is 0 Å². The summed E-state index contributed by atoms with van der Waals surface area (Å²) in [6.45, 7) is 5.57. The fraction of sp³-hybridized carbons (Fsp3) is 0.278. The lowest BCUT2D eigenvalue weighted by Crippen LogP contribution is -2.30. The highest BCUT2D eigenvalue weighted by molar-refractivity contribution is 7.13. The summed E-state index contributed by atoms with van der Waals surface area (Å²) in [6, 6.07) is 3.65. The third-order valence-corrected chi connectivity index (χ3v) is 5.58. The van der Waals surface area contributed by atoms with E-state index in [1.807, 2.05) is 38.3 Å². The molecule has 25 heavy (non-hydrogen) atoms. The van der Waals surface area contributed by atoms with E-state index < -0.39 is 5.41 Å². The summed E-state index contributed by atoms with van der Waals surface area (Å²) >= 11 is 2.75. The van der Waals surface area contributed by atoms with E-state index in [1.54, 1.807) is 25.5 Å². The predicted molar refractivity (Wildman–Crippen MR) is 101 cm³/mol. The Bertz CT molecular complexity index is 1080. The highest BCUT2D eigenvalue weighted by atomic mass is 32.1. The second kappa shape index (κ2) is 6.57. The fourth-order valence-electron chi connectivity index (χ4n) is 2.04. The molecule has 5 nitrogen and oxygen atoms in total. The summed E-state index contributed by atoms with van der Waals surface area (Å²) in [5, 5.41) is 2.64. The van der Waals surface area contributed by atoms with Gasteiger partial charge >= 0.3 is 0 Å². The number of hydrogen-bond acceptors (Lipinski definition) is 6. The zero-order chi connectivity index (χ0) is 18.2. The highest BCUT2D eigenvalue weighted by Crippen LogP contribution is 2.24. The van der Waals surface area contributed by atoms with Gasteiger partial charge in [-0.25, -0.2) is 4.98 Å². The van der Waals surface area contributed by atoms with Crippen LogP contribution in [0.4, 0.5) is 0 Å². The number of nitrogens with zero attached hydrogens (tertiary/aromatic N) is 2. The van der Waals surface area contributed by atoms with Gasteiger partial charge in [0.05, 0.1) is 16.5 Å². The Kier molecular flexibility index (Phi) is 4.62. The molecule has 0 saturated heterocycles. The van der Waals surface area contributed by atoms with Crippen LogP contribution in [0.1, 0.15) is 26.5 Å². The number of thiazole rings is 2. The molecule has 0 N–H and O–H groups in total. The van der Waals surface area contributed by atoms with Crippen molar-refractivity contribution < 1.29 is 9.21 Å². The van der Waals surface area contributed by atoms with Crippen LogP contribution in [0.5, 0.6) is 0 Å². The SMILES string of the molecule is Cn1c(=O)/c(=C/c2csc(-c3ccco3)n2)s/c1=C/C(=O)C(C)(C)C. The van der Waals surface area contributed by atoms with Gasteiger partial charge in [0.2, 0.25) is 0 Å². The Morgan fingerprint density at radius 1 is 1.36 bits per heavy atom. The molecular formula is C18H18N2O3S2. The second-order valence-corrected chi connectivity index (χ2v) is 8.55. The number of aromatic nitrogens is 2. The molecule has 0 aliphatic carbocycles. The summed E-state index contributed by atoms with van der Waals surface area (Å²) < 4.78 is 8.02. The van der Waals surface area contributed by atoms with Crippen LogP contribution >= 0.6 is 22.7 Å². The van der Waals surface area contributed by atoms with Gasteiger partial charge in [-0.3, -0.25) is 9.59 Å². The Labute approximate surface area is 152 Å². The van der Waals surface area contributed by atoms with E-state index in [0.717, 1.165) is 5.01 Å². The number of Topliss-reactive ketones (excluding diaryl/α,β-unsaturated/α-hetero) is 1. The molecule has 0 spiro atoms. The maximum atomic E-state index is 12.4. The first-order valence-corrected chi connectivity index (χ1v) is 9.38. The molecule has 0 atom stereocenters. The van der Waals surface area contributed by atoms with Crippen molar-refractivity contribution in [2.45, 2.75) is 20.8 Å². The fourth-order valence-corrected chi connectivity index (χ4v) is 3.80. The van der Waals surface area contributed by atoms with Crippen LogP contribution in [0.25, 0.3) is 22.9 Å². The monoisotopic (exact) mass is 374 g/mol. The van der Waals surface area contributed by atoms with Gasteiger partial charge in [0.15, 0.2) is 16.6 Å². The van der Waals surface area contributed by atoms with Crippen LogP contribution in [0.3, 0.4) is 0 Å². The Balaban J connectivity index is 2.03. The summed E-state index contributed by atoms with van der Waals surface area (Å²) in [5.41, 5.74) is 0.0890. The minimum atomic E-state index is -0.475. The highest BCUT2D eigenvalue weighted by Gasteiger charge is 2.19. The topological polar surface area (TPSA) is 65.1 Å². The van der Waals surface area contributed by atoms with Gasteiger partial charge in [0.1, 0.15) is 4.66 Å². The van der Waals surface area contributed by atoms with Crippen LogP contribution < -0.4 is 14.8 Å². The van der Waals surface area contributed by atoms with Crippen LogP contribution in [0.2, 0.25) is 0 Å². The third-order valence-electron chi connectivity index (χ3n) is 3.59. The molecule has 0 bridgehead atoms. The Morgan fingerprint density at radius 3 is 2.76 bits per heavy atom. The lowest BCUT2D eigenvalue weighted by molar-refractivity contribution is -0.120. The first-order chi connectivity index (χ1) is 11.8. The molecule has 3 heterocycles. The first kappa shape index (κ1) is 17.6. The molecule has 3 aromatic heterocycles. The van der Waals surface area contributed by atoms with Crippen molar-refractivity contribution >= 4 is 40.6 Å². The number of ketones is 1. The molecule has 0 unspecified atom stereocenters.